The Morgan fingerprint density at radius 3 is 2.64 bits per heavy atom. The van der Waals surface area contributed by atoms with Crippen LogP contribution in [-0.2, 0) is 21.8 Å². The highest BCUT2D eigenvalue weighted by Gasteiger charge is 2.45. The molecule has 36 heavy (non-hydrogen) atoms. The summed E-state index contributed by atoms with van der Waals surface area (Å²) in [5, 5.41) is 5.15. The van der Waals surface area contributed by atoms with Crippen LogP contribution in [0.1, 0.15) is 25.5 Å². The highest BCUT2D eigenvalue weighted by Crippen LogP contribution is 2.40. The lowest BCUT2D eigenvalue weighted by Crippen LogP contribution is -2.34. The predicted molar refractivity (Wildman–Crippen MR) is 135 cm³/mol. The van der Waals surface area contributed by atoms with Crippen LogP contribution in [0.3, 0.4) is 0 Å². The van der Waals surface area contributed by atoms with E-state index in [2.05, 4.69) is 10.1 Å². The summed E-state index contributed by atoms with van der Waals surface area (Å²) in [6.45, 7) is 4.76. The van der Waals surface area contributed by atoms with E-state index in [4.69, 9.17) is 37.4 Å². The van der Waals surface area contributed by atoms with Crippen LogP contribution in [0.15, 0.2) is 72.3 Å². The minimum atomic E-state index is -1.11. The largest absolute Gasteiger partial charge is 0.491 e. The quantitative estimate of drug-likeness (QED) is 0.334. The molecular weight excluding hydrogens is 505 g/mol. The van der Waals surface area contributed by atoms with E-state index in [0.29, 0.717) is 40.2 Å². The zero-order valence-corrected chi connectivity index (χ0v) is 21.3. The van der Waals surface area contributed by atoms with Gasteiger partial charge in [0, 0.05) is 23.0 Å². The van der Waals surface area contributed by atoms with Crippen LogP contribution in [0.2, 0.25) is 10.0 Å². The van der Waals surface area contributed by atoms with E-state index in [9.17, 15) is 4.79 Å². The summed E-state index contributed by atoms with van der Waals surface area (Å²) in [7, 11) is 0. The number of benzene rings is 2. The number of hydrogen-bond donors (Lipinski definition) is 0. The van der Waals surface area contributed by atoms with Gasteiger partial charge in [-0.05, 0) is 50.2 Å². The van der Waals surface area contributed by atoms with Gasteiger partial charge in [0.2, 0.25) is 5.79 Å². The topological polar surface area (TPSA) is 85.3 Å². The monoisotopic (exact) mass is 529 g/mol. The molecule has 0 amide bonds. The van der Waals surface area contributed by atoms with Crippen molar-refractivity contribution in [3.63, 3.8) is 0 Å². The van der Waals surface area contributed by atoms with E-state index in [1.165, 1.54) is 15.6 Å². The van der Waals surface area contributed by atoms with Gasteiger partial charge in [0.05, 0.1) is 36.2 Å². The third kappa shape index (κ3) is 4.92. The highest BCUT2D eigenvalue weighted by molar-refractivity contribution is 6.35. The van der Waals surface area contributed by atoms with Crippen LogP contribution < -0.4 is 10.4 Å². The number of rotatable bonds is 8. The van der Waals surface area contributed by atoms with Gasteiger partial charge in [0.15, 0.2) is 0 Å². The molecule has 2 aromatic carbocycles. The van der Waals surface area contributed by atoms with Crippen molar-refractivity contribution in [2.75, 3.05) is 13.2 Å². The predicted octanol–water partition coefficient (Wildman–Crippen LogP) is 4.47. The first kappa shape index (κ1) is 24.6. The summed E-state index contributed by atoms with van der Waals surface area (Å²) >= 11 is 12.6. The molecule has 2 aromatic heterocycles. The first-order valence-electron chi connectivity index (χ1n) is 11.5. The standard InChI is InChI=1S/C25H25Cl2N5O4/c1-17(2)32-24(33)31(16-29-32)19-4-6-20(7-5-19)34-12-21-13-35-25(36-21,14-30-10-9-28-15-30)22-8-3-18(26)11-23(22)27/h3-11,15-17,21H,12-14H2,1-2H3. The van der Waals surface area contributed by atoms with Crippen LogP contribution in [-0.4, -0.2) is 43.2 Å². The summed E-state index contributed by atoms with van der Waals surface area (Å²) in [6, 6.07) is 12.5. The Bertz CT molecular complexity index is 1380. The van der Waals surface area contributed by atoms with E-state index in [0.717, 1.165) is 0 Å². The third-order valence-electron chi connectivity index (χ3n) is 5.88. The molecule has 0 saturated carbocycles. The van der Waals surface area contributed by atoms with E-state index < -0.39 is 5.79 Å². The molecule has 188 valence electrons. The summed E-state index contributed by atoms with van der Waals surface area (Å²) in [6.07, 6.45) is 6.40. The number of hydrogen-bond acceptors (Lipinski definition) is 6. The van der Waals surface area contributed by atoms with E-state index in [1.807, 2.05) is 42.8 Å². The Labute approximate surface area is 217 Å². The SMILES string of the molecule is CC(C)n1ncn(-c2ccc(OCC3COC(Cn4ccnc4)(c4ccc(Cl)cc4Cl)O3)cc2)c1=O. The van der Waals surface area contributed by atoms with E-state index >= 15 is 0 Å². The summed E-state index contributed by atoms with van der Waals surface area (Å²) < 4.78 is 23.4. The fourth-order valence-corrected chi connectivity index (χ4v) is 4.67. The first-order chi connectivity index (χ1) is 17.3. The lowest BCUT2D eigenvalue weighted by atomic mass is 10.1. The second-order valence-electron chi connectivity index (χ2n) is 8.79. The molecular formula is C25H25Cl2N5O4. The maximum absolute atomic E-state index is 12.5. The fraction of sp³-hybridized carbons (Fsp3) is 0.320. The average Bonchev–Trinajstić information content (AvgIpc) is 3.59. The van der Waals surface area contributed by atoms with Gasteiger partial charge in [-0.1, -0.05) is 29.3 Å². The first-order valence-corrected chi connectivity index (χ1v) is 12.2. The molecule has 1 aliphatic heterocycles. The lowest BCUT2D eigenvalue weighted by Gasteiger charge is -2.30. The van der Waals surface area contributed by atoms with Gasteiger partial charge in [-0.3, -0.25) is 0 Å². The molecule has 1 saturated heterocycles. The highest BCUT2D eigenvalue weighted by atomic mass is 35.5. The molecule has 1 fully saturated rings. The second kappa shape index (κ2) is 10.1. The Hall–Kier alpha value is -3.11. The number of imidazole rings is 1. The molecule has 5 rings (SSSR count). The number of halogens is 2. The maximum Gasteiger partial charge on any atom is 0.350 e. The van der Waals surface area contributed by atoms with Gasteiger partial charge in [0.25, 0.3) is 0 Å². The summed E-state index contributed by atoms with van der Waals surface area (Å²) in [5.41, 5.74) is 1.20. The molecule has 0 bridgehead atoms. The maximum atomic E-state index is 12.5. The molecule has 4 aromatic rings. The molecule has 9 nitrogen and oxygen atoms in total. The molecule has 0 N–H and O–H groups in total. The van der Waals surface area contributed by atoms with Gasteiger partial charge in [-0.15, -0.1) is 0 Å². The van der Waals surface area contributed by atoms with Crippen molar-refractivity contribution in [1.29, 1.82) is 0 Å². The molecule has 0 aliphatic carbocycles. The van der Waals surface area contributed by atoms with Crippen LogP contribution in [0.5, 0.6) is 5.75 Å². The second-order valence-corrected chi connectivity index (χ2v) is 9.63. The number of ether oxygens (including phenoxy) is 3. The molecule has 2 unspecified atom stereocenters. The van der Waals surface area contributed by atoms with Gasteiger partial charge in [0.1, 0.15) is 24.8 Å². The van der Waals surface area contributed by atoms with Crippen molar-refractivity contribution in [1.82, 2.24) is 23.9 Å². The van der Waals surface area contributed by atoms with Gasteiger partial charge in [-0.2, -0.15) is 5.10 Å². The Morgan fingerprint density at radius 1 is 1.17 bits per heavy atom. The van der Waals surface area contributed by atoms with Gasteiger partial charge < -0.3 is 18.8 Å². The minimum absolute atomic E-state index is 0.0152. The fourth-order valence-electron chi connectivity index (χ4n) is 4.12. The van der Waals surface area contributed by atoms with Crippen molar-refractivity contribution < 1.29 is 14.2 Å². The lowest BCUT2D eigenvalue weighted by molar-refractivity contribution is -0.189. The van der Waals surface area contributed by atoms with Crippen molar-refractivity contribution >= 4 is 23.2 Å². The van der Waals surface area contributed by atoms with Crippen LogP contribution in [0.25, 0.3) is 5.69 Å². The van der Waals surface area contributed by atoms with Gasteiger partial charge >= 0.3 is 5.69 Å². The molecule has 11 heteroatoms. The van der Waals surface area contributed by atoms with E-state index in [1.54, 1.807) is 36.8 Å². The summed E-state index contributed by atoms with van der Waals surface area (Å²) in [5.74, 6) is -0.471. The molecule has 0 radical (unpaired) electrons. The van der Waals surface area contributed by atoms with Crippen LogP contribution in [0.4, 0.5) is 0 Å². The van der Waals surface area contributed by atoms with Crippen LogP contribution >= 0.6 is 23.2 Å². The third-order valence-corrected chi connectivity index (χ3v) is 6.43. The zero-order valence-electron chi connectivity index (χ0n) is 19.8. The zero-order chi connectivity index (χ0) is 25.3. The van der Waals surface area contributed by atoms with Crippen LogP contribution in [0, 0.1) is 0 Å². The number of aromatic nitrogens is 5. The van der Waals surface area contributed by atoms with Crippen molar-refractivity contribution in [3.05, 3.63) is 93.6 Å². The molecule has 3 heterocycles. The van der Waals surface area contributed by atoms with Crippen molar-refractivity contribution in [2.24, 2.45) is 0 Å². The van der Waals surface area contributed by atoms with Crippen molar-refractivity contribution in [2.45, 2.75) is 38.3 Å². The molecule has 1 aliphatic rings. The Morgan fingerprint density at radius 2 is 1.97 bits per heavy atom. The molecule has 0 spiro atoms. The Balaban J connectivity index is 1.28. The number of nitrogens with zero attached hydrogens (tertiary/aromatic N) is 5. The Kier molecular flexibility index (Phi) is 6.90. The molecule has 2 atom stereocenters. The van der Waals surface area contributed by atoms with E-state index in [-0.39, 0.29) is 24.4 Å². The average molecular weight is 530 g/mol. The van der Waals surface area contributed by atoms with Gasteiger partial charge in [-0.25, -0.2) is 19.0 Å². The summed E-state index contributed by atoms with van der Waals surface area (Å²) in [4.78, 5) is 16.6. The minimum Gasteiger partial charge on any atom is -0.491 e. The normalized spacial score (nSPS) is 19.8. The van der Waals surface area contributed by atoms with Crippen molar-refractivity contribution in [3.8, 4) is 11.4 Å². The smallest absolute Gasteiger partial charge is 0.350 e.